The molecule has 166 valence electrons. The Labute approximate surface area is 199 Å². The van der Waals surface area contributed by atoms with Crippen molar-refractivity contribution in [2.45, 2.75) is 18.8 Å². The Kier molecular flexibility index (Phi) is 6.17. The Hall–Kier alpha value is -4.24. The van der Waals surface area contributed by atoms with Crippen LogP contribution < -0.4 is 0 Å². The van der Waals surface area contributed by atoms with Gasteiger partial charge in [-0.25, -0.2) is 4.79 Å². The number of fused-ring (bicyclic) bond motifs is 1. The summed E-state index contributed by atoms with van der Waals surface area (Å²) < 4.78 is 5.67. The molecule has 0 bridgehead atoms. The van der Waals surface area contributed by atoms with E-state index in [0.717, 1.165) is 39.3 Å². The number of hydrogen-bond donors (Lipinski definition) is 0. The number of cyclic esters (lactones) is 1. The van der Waals surface area contributed by atoms with Crippen LogP contribution in [-0.4, -0.2) is 12.3 Å². The van der Waals surface area contributed by atoms with E-state index >= 15 is 0 Å². The minimum absolute atomic E-state index is 0.0757. The predicted molar refractivity (Wildman–Crippen MR) is 136 cm³/mol. The number of esters is 1. The summed E-state index contributed by atoms with van der Waals surface area (Å²) in [5, 5.41) is 2.26. The molecule has 0 aliphatic carbocycles. The molecule has 4 aromatic rings. The maximum absolute atomic E-state index is 13.1. The fraction of sp³-hybridized carbons (Fsp3) is 0.0968. The highest BCUT2D eigenvalue weighted by Gasteiger charge is 2.28. The minimum atomic E-state index is -0.361. The highest BCUT2D eigenvalue weighted by Crippen LogP contribution is 2.39. The lowest BCUT2D eigenvalue weighted by Gasteiger charge is -2.20. The van der Waals surface area contributed by atoms with E-state index in [0.29, 0.717) is 24.2 Å². The predicted octanol–water partition coefficient (Wildman–Crippen LogP) is 6.95. The molecular weight excluding hydrogens is 420 g/mol. The van der Waals surface area contributed by atoms with E-state index in [1.54, 1.807) is 0 Å². The molecule has 0 N–H and O–H groups in total. The maximum Gasteiger partial charge on any atom is 0.343 e. The van der Waals surface area contributed by atoms with Gasteiger partial charge < -0.3 is 9.53 Å². The summed E-state index contributed by atoms with van der Waals surface area (Å²) in [5.41, 5.74) is 4.35. The summed E-state index contributed by atoms with van der Waals surface area (Å²) in [5.74, 6) is 0.111. The molecule has 1 aliphatic heterocycles. The van der Waals surface area contributed by atoms with Crippen molar-refractivity contribution < 1.29 is 14.3 Å². The number of carbonyl (C=O) groups is 2. The van der Waals surface area contributed by atoms with Gasteiger partial charge in [-0.15, -0.1) is 0 Å². The van der Waals surface area contributed by atoms with Gasteiger partial charge in [0.1, 0.15) is 12.0 Å². The minimum Gasteiger partial charge on any atom is -0.422 e. The molecule has 0 spiro atoms. The molecule has 0 aromatic heterocycles. The lowest BCUT2D eigenvalue weighted by molar-refractivity contribution is -0.130. The van der Waals surface area contributed by atoms with Gasteiger partial charge in [0.25, 0.3) is 0 Å². The summed E-state index contributed by atoms with van der Waals surface area (Å²) in [6.07, 6.45) is 3.71. The van der Waals surface area contributed by atoms with Gasteiger partial charge >= 0.3 is 5.97 Å². The van der Waals surface area contributed by atoms with Crippen LogP contribution in [0.2, 0.25) is 0 Å². The number of carbonyl (C=O) groups excluding carboxylic acids is 2. The van der Waals surface area contributed by atoms with Gasteiger partial charge in [0.2, 0.25) is 0 Å². The second-order valence-corrected chi connectivity index (χ2v) is 8.39. The lowest BCUT2D eigenvalue weighted by atomic mass is 9.83. The first-order chi connectivity index (χ1) is 16.7. The van der Waals surface area contributed by atoms with Crippen molar-refractivity contribution in [2.75, 3.05) is 0 Å². The summed E-state index contributed by atoms with van der Waals surface area (Å²) >= 11 is 0. The monoisotopic (exact) mass is 444 g/mol. The van der Waals surface area contributed by atoms with Crippen molar-refractivity contribution in [1.29, 1.82) is 0 Å². The van der Waals surface area contributed by atoms with Crippen molar-refractivity contribution in [1.82, 2.24) is 0 Å². The quantitative estimate of drug-likeness (QED) is 0.176. The molecule has 3 nitrogen and oxygen atoms in total. The summed E-state index contributed by atoms with van der Waals surface area (Å²) in [6.45, 7) is 0. The largest absolute Gasteiger partial charge is 0.422 e. The number of allylic oxidation sites excluding steroid dienone is 1. The highest BCUT2D eigenvalue weighted by atomic mass is 16.5. The van der Waals surface area contributed by atoms with E-state index in [1.807, 2.05) is 84.9 Å². The Morgan fingerprint density at radius 3 is 2.24 bits per heavy atom. The Morgan fingerprint density at radius 1 is 0.794 bits per heavy atom. The zero-order valence-electron chi connectivity index (χ0n) is 18.7. The normalized spacial score (nSPS) is 15.5. The van der Waals surface area contributed by atoms with Gasteiger partial charge in [0, 0.05) is 12.0 Å². The highest BCUT2D eigenvalue weighted by molar-refractivity contribution is 6.08. The number of ether oxygens (including phenoxy) is 1. The molecule has 1 aliphatic rings. The lowest BCUT2D eigenvalue weighted by Crippen LogP contribution is -2.07. The van der Waals surface area contributed by atoms with Crippen molar-refractivity contribution in [2.24, 2.45) is 0 Å². The van der Waals surface area contributed by atoms with Crippen LogP contribution in [0.1, 0.15) is 35.4 Å². The van der Waals surface area contributed by atoms with E-state index in [1.165, 1.54) is 0 Å². The summed E-state index contributed by atoms with van der Waals surface area (Å²) in [6, 6.07) is 33.9. The van der Waals surface area contributed by atoms with Crippen molar-refractivity contribution in [3.05, 3.63) is 131 Å². The first-order valence-corrected chi connectivity index (χ1v) is 11.4. The van der Waals surface area contributed by atoms with Gasteiger partial charge in [-0.05, 0) is 45.9 Å². The fourth-order valence-corrected chi connectivity index (χ4v) is 4.64. The van der Waals surface area contributed by atoms with E-state index in [9.17, 15) is 9.59 Å². The third kappa shape index (κ3) is 4.33. The van der Waals surface area contributed by atoms with Crippen LogP contribution in [0.5, 0.6) is 0 Å². The molecule has 0 radical (unpaired) electrons. The fourth-order valence-electron chi connectivity index (χ4n) is 4.64. The van der Waals surface area contributed by atoms with Crippen LogP contribution in [0.3, 0.4) is 0 Å². The zero-order chi connectivity index (χ0) is 23.3. The van der Waals surface area contributed by atoms with Gasteiger partial charge in [0.05, 0.1) is 5.57 Å². The molecule has 1 heterocycles. The standard InChI is InChI=1S/C31H24O3/c32-19-18-25(27-17-9-15-22-12-7-8-16-26(22)27)20-28(23-10-3-1-4-11-23)29-21-30(34-31(29)33)24-13-5-2-6-14-24/h1-17,19,21,25H,18,20H2/b29-28+/t25-/m1/s1. The Bertz CT molecular complexity index is 1390. The molecular formula is C31H24O3. The van der Waals surface area contributed by atoms with Gasteiger partial charge in [-0.2, -0.15) is 0 Å². The van der Waals surface area contributed by atoms with E-state index in [2.05, 4.69) is 24.3 Å². The third-order valence-corrected chi connectivity index (χ3v) is 6.30. The molecule has 0 unspecified atom stereocenters. The first-order valence-electron chi connectivity index (χ1n) is 11.4. The van der Waals surface area contributed by atoms with E-state index in [-0.39, 0.29) is 11.9 Å². The smallest absolute Gasteiger partial charge is 0.343 e. The van der Waals surface area contributed by atoms with Crippen LogP contribution in [0.15, 0.2) is 115 Å². The number of benzene rings is 4. The van der Waals surface area contributed by atoms with E-state index in [4.69, 9.17) is 4.74 Å². The molecule has 5 rings (SSSR count). The molecule has 0 fully saturated rings. The van der Waals surface area contributed by atoms with E-state index < -0.39 is 0 Å². The number of aldehydes is 1. The average Bonchev–Trinajstić information content (AvgIpc) is 3.28. The first kappa shape index (κ1) is 21.6. The molecule has 0 amide bonds. The molecule has 0 saturated carbocycles. The van der Waals surface area contributed by atoms with Gasteiger partial charge in [0.15, 0.2) is 0 Å². The van der Waals surface area contributed by atoms with Crippen molar-refractivity contribution >= 4 is 34.4 Å². The molecule has 3 heteroatoms. The number of hydrogen-bond acceptors (Lipinski definition) is 3. The van der Waals surface area contributed by atoms with Crippen LogP contribution in [0.4, 0.5) is 0 Å². The van der Waals surface area contributed by atoms with Crippen LogP contribution >= 0.6 is 0 Å². The van der Waals surface area contributed by atoms with Crippen LogP contribution in [-0.2, 0) is 14.3 Å². The molecule has 4 aromatic carbocycles. The van der Waals surface area contributed by atoms with Crippen molar-refractivity contribution in [3.8, 4) is 0 Å². The van der Waals surface area contributed by atoms with Crippen LogP contribution in [0.25, 0.3) is 22.1 Å². The Morgan fingerprint density at radius 2 is 1.47 bits per heavy atom. The maximum atomic E-state index is 13.1. The molecule has 34 heavy (non-hydrogen) atoms. The molecule has 0 saturated heterocycles. The average molecular weight is 445 g/mol. The van der Waals surface area contributed by atoms with Gasteiger partial charge in [-0.3, -0.25) is 0 Å². The number of rotatable bonds is 7. The zero-order valence-corrected chi connectivity index (χ0v) is 18.7. The second kappa shape index (κ2) is 9.72. The third-order valence-electron chi connectivity index (χ3n) is 6.30. The van der Waals surface area contributed by atoms with Crippen LogP contribution in [0, 0.1) is 0 Å². The topological polar surface area (TPSA) is 43.4 Å². The SMILES string of the molecule is O=CC[C@H](C/C(=C1/C=C(c2ccccc2)OC1=O)c1ccccc1)c1cccc2ccccc12. The Balaban J connectivity index is 1.63. The van der Waals surface area contributed by atoms with Crippen molar-refractivity contribution in [3.63, 3.8) is 0 Å². The summed E-state index contributed by atoms with van der Waals surface area (Å²) in [4.78, 5) is 24.8. The summed E-state index contributed by atoms with van der Waals surface area (Å²) in [7, 11) is 0. The molecule has 1 atom stereocenters. The van der Waals surface area contributed by atoms with Gasteiger partial charge in [-0.1, -0.05) is 103 Å². The second-order valence-electron chi connectivity index (χ2n) is 8.39.